The van der Waals surface area contributed by atoms with Gasteiger partial charge in [0.25, 0.3) is 5.91 Å². The van der Waals surface area contributed by atoms with Crippen molar-refractivity contribution < 1.29 is 22.8 Å². The highest BCUT2D eigenvalue weighted by Gasteiger charge is 2.28. The van der Waals surface area contributed by atoms with Gasteiger partial charge in [-0.25, -0.2) is 5.48 Å². The number of nitrogens with one attached hydrogen (secondary N) is 1. The van der Waals surface area contributed by atoms with Crippen molar-refractivity contribution in [3.63, 3.8) is 0 Å². The van der Waals surface area contributed by atoms with Gasteiger partial charge in [0.15, 0.2) is 6.61 Å². The van der Waals surface area contributed by atoms with E-state index in [1.54, 1.807) is 10.9 Å². The molecular weight excluding hydrogens is 255 g/mol. The summed E-state index contributed by atoms with van der Waals surface area (Å²) in [4.78, 5) is 15.2. The molecule has 1 rings (SSSR count). The van der Waals surface area contributed by atoms with E-state index >= 15 is 0 Å². The van der Waals surface area contributed by atoms with E-state index in [2.05, 4.69) is 4.84 Å². The largest absolute Gasteiger partial charge is 0.414 e. The molecule has 3 nitrogen and oxygen atoms in total. The van der Waals surface area contributed by atoms with Crippen molar-refractivity contribution in [3.05, 3.63) is 21.3 Å². The zero-order valence-electron chi connectivity index (χ0n) is 7.10. The standard InChI is InChI=1S/C7H5ClF3NO2S/c8-4-1-2-15-5(4)6(13)12-14-3-7(9,10)11/h1-2H,3H2,(H,12,13). The van der Waals surface area contributed by atoms with Gasteiger partial charge in [0.2, 0.25) is 0 Å². The lowest BCUT2D eigenvalue weighted by Gasteiger charge is -2.07. The molecule has 0 fully saturated rings. The van der Waals surface area contributed by atoms with Gasteiger partial charge in [-0.15, -0.1) is 11.3 Å². The van der Waals surface area contributed by atoms with Gasteiger partial charge in [-0.3, -0.25) is 9.63 Å². The normalized spacial score (nSPS) is 11.5. The number of hydrogen-bond donors (Lipinski definition) is 1. The molecule has 1 amide bonds. The Labute approximate surface area is 91.7 Å². The van der Waals surface area contributed by atoms with Gasteiger partial charge >= 0.3 is 6.18 Å². The number of hydroxylamine groups is 1. The maximum absolute atomic E-state index is 11.6. The molecule has 84 valence electrons. The third-order valence-electron chi connectivity index (χ3n) is 1.22. The van der Waals surface area contributed by atoms with Crippen LogP contribution in [-0.4, -0.2) is 18.7 Å². The van der Waals surface area contributed by atoms with Crippen LogP contribution in [0.3, 0.4) is 0 Å². The minimum absolute atomic E-state index is 0.110. The molecule has 0 unspecified atom stereocenters. The molecule has 8 heteroatoms. The van der Waals surface area contributed by atoms with Crippen LogP contribution in [0, 0.1) is 0 Å². The van der Waals surface area contributed by atoms with Crippen molar-refractivity contribution in [1.82, 2.24) is 5.48 Å². The van der Waals surface area contributed by atoms with Crippen LogP contribution < -0.4 is 5.48 Å². The Balaban J connectivity index is 2.41. The van der Waals surface area contributed by atoms with E-state index in [-0.39, 0.29) is 9.90 Å². The first-order valence-corrected chi connectivity index (χ1v) is 4.88. The number of amides is 1. The Kier molecular flexibility index (Phi) is 3.95. The van der Waals surface area contributed by atoms with Gasteiger partial charge in [0.05, 0.1) is 5.02 Å². The summed E-state index contributed by atoms with van der Waals surface area (Å²) in [5.41, 5.74) is 1.65. The molecule has 0 aliphatic carbocycles. The topological polar surface area (TPSA) is 38.3 Å². The molecule has 0 saturated heterocycles. The van der Waals surface area contributed by atoms with Crippen LogP contribution in [0.4, 0.5) is 13.2 Å². The third-order valence-corrected chi connectivity index (χ3v) is 2.56. The van der Waals surface area contributed by atoms with Crippen molar-refractivity contribution >= 4 is 28.8 Å². The van der Waals surface area contributed by atoms with E-state index in [1.807, 2.05) is 0 Å². The fourth-order valence-corrected chi connectivity index (χ4v) is 1.71. The van der Waals surface area contributed by atoms with Crippen molar-refractivity contribution in [2.75, 3.05) is 6.61 Å². The minimum Gasteiger partial charge on any atom is -0.266 e. The van der Waals surface area contributed by atoms with E-state index in [9.17, 15) is 18.0 Å². The molecule has 1 heterocycles. The highest BCUT2D eigenvalue weighted by molar-refractivity contribution is 7.12. The number of rotatable bonds is 3. The van der Waals surface area contributed by atoms with E-state index < -0.39 is 18.7 Å². The van der Waals surface area contributed by atoms with Gasteiger partial charge in [-0.2, -0.15) is 13.2 Å². The first kappa shape index (κ1) is 12.3. The summed E-state index contributed by atoms with van der Waals surface area (Å²) in [6, 6.07) is 1.46. The molecule has 0 saturated carbocycles. The van der Waals surface area contributed by atoms with Crippen LogP contribution in [-0.2, 0) is 4.84 Å². The molecule has 1 N–H and O–H groups in total. The van der Waals surface area contributed by atoms with Gasteiger partial charge in [0, 0.05) is 0 Å². The van der Waals surface area contributed by atoms with Crippen LogP contribution in [0.2, 0.25) is 5.02 Å². The number of hydrogen-bond acceptors (Lipinski definition) is 3. The number of alkyl halides is 3. The smallest absolute Gasteiger partial charge is 0.266 e. The van der Waals surface area contributed by atoms with E-state index in [0.29, 0.717) is 0 Å². The summed E-state index contributed by atoms with van der Waals surface area (Å²) in [7, 11) is 0. The third kappa shape index (κ3) is 4.06. The number of carbonyl (C=O) groups is 1. The Morgan fingerprint density at radius 2 is 2.27 bits per heavy atom. The number of carbonyl (C=O) groups excluding carboxylic acids is 1. The summed E-state index contributed by atoms with van der Waals surface area (Å²) in [6.07, 6.45) is -4.48. The molecule has 1 aromatic rings. The quantitative estimate of drug-likeness (QED) is 0.848. The molecule has 15 heavy (non-hydrogen) atoms. The van der Waals surface area contributed by atoms with Crippen LogP contribution >= 0.6 is 22.9 Å². The second kappa shape index (κ2) is 4.82. The molecule has 0 aromatic carbocycles. The molecule has 0 spiro atoms. The van der Waals surface area contributed by atoms with Gasteiger partial charge in [0.1, 0.15) is 4.88 Å². The van der Waals surface area contributed by atoms with Gasteiger partial charge in [-0.1, -0.05) is 11.6 Å². The van der Waals surface area contributed by atoms with Crippen LogP contribution in [0.25, 0.3) is 0 Å². The summed E-state index contributed by atoms with van der Waals surface area (Å²) >= 11 is 6.59. The monoisotopic (exact) mass is 259 g/mol. The second-order valence-corrected chi connectivity index (χ2v) is 3.76. The first-order chi connectivity index (χ1) is 6.90. The summed E-state index contributed by atoms with van der Waals surface area (Å²) < 4.78 is 34.9. The maximum atomic E-state index is 11.6. The van der Waals surface area contributed by atoms with Crippen molar-refractivity contribution in [2.45, 2.75) is 6.18 Å². The fraction of sp³-hybridized carbons (Fsp3) is 0.286. The molecule has 0 aliphatic rings. The zero-order chi connectivity index (χ0) is 11.5. The molecule has 0 radical (unpaired) electrons. The van der Waals surface area contributed by atoms with Crippen LogP contribution in [0.15, 0.2) is 11.4 Å². The van der Waals surface area contributed by atoms with E-state index in [4.69, 9.17) is 11.6 Å². The maximum Gasteiger partial charge on any atom is 0.414 e. The van der Waals surface area contributed by atoms with Gasteiger partial charge in [-0.05, 0) is 11.4 Å². The van der Waals surface area contributed by atoms with E-state index in [1.165, 1.54) is 6.07 Å². The predicted molar refractivity (Wildman–Crippen MR) is 48.8 cm³/mol. The minimum atomic E-state index is -4.48. The Morgan fingerprint density at radius 1 is 1.60 bits per heavy atom. The Hall–Kier alpha value is -0.790. The lowest BCUT2D eigenvalue weighted by atomic mass is 10.4. The van der Waals surface area contributed by atoms with Crippen LogP contribution in [0.1, 0.15) is 9.67 Å². The Morgan fingerprint density at radius 3 is 2.73 bits per heavy atom. The van der Waals surface area contributed by atoms with E-state index in [0.717, 1.165) is 11.3 Å². The molecule has 0 atom stereocenters. The second-order valence-electron chi connectivity index (χ2n) is 2.43. The number of thiophene rings is 1. The van der Waals surface area contributed by atoms with Crippen LogP contribution in [0.5, 0.6) is 0 Å². The summed E-state index contributed by atoms with van der Waals surface area (Å²) in [5, 5.41) is 1.72. The molecule has 0 aliphatic heterocycles. The fourth-order valence-electron chi connectivity index (χ4n) is 0.686. The summed E-state index contributed by atoms with van der Waals surface area (Å²) in [5.74, 6) is -0.792. The van der Waals surface area contributed by atoms with Gasteiger partial charge < -0.3 is 0 Å². The average Bonchev–Trinajstić information content (AvgIpc) is 2.48. The lowest BCUT2D eigenvalue weighted by Crippen LogP contribution is -2.29. The molecule has 1 aromatic heterocycles. The highest BCUT2D eigenvalue weighted by atomic mass is 35.5. The lowest BCUT2D eigenvalue weighted by molar-refractivity contribution is -0.184. The zero-order valence-corrected chi connectivity index (χ0v) is 8.67. The van der Waals surface area contributed by atoms with Crippen molar-refractivity contribution in [2.24, 2.45) is 0 Å². The van der Waals surface area contributed by atoms with Crippen molar-refractivity contribution in [1.29, 1.82) is 0 Å². The van der Waals surface area contributed by atoms with Crippen molar-refractivity contribution in [3.8, 4) is 0 Å². The average molecular weight is 260 g/mol. The number of halogens is 4. The first-order valence-electron chi connectivity index (χ1n) is 3.62. The Bertz CT molecular complexity index is 352. The SMILES string of the molecule is O=C(NOCC(F)(F)F)c1sccc1Cl. The molecule has 0 bridgehead atoms. The molecular formula is C7H5ClF3NO2S. The summed E-state index contributed by atoms with van der Waals surface area (Å²) in [6.45, 7) is -1.54. The highest BCUT2D eigenvalue weighted by Crippen LogP contribution is 2.21. The predicted octanol–water partition coefficient (Wildman–Crippen LogP) is 2.63.